The smallest absolute Gasteiger partial charge is 0.166 e. The molecule has 0 fully saturated rings. The van der Waals surface area contributed by atoms with Crippen molar-refractivity contribution in [2.45, 2.75) is 103 Å². The van der Waals surface area contributed by atoms with Gasteiger partial charge in [0.2, 0.25) is 0 Å². The molecule has 0 aliphatic heterocycles. The zero-order chi connectivity index (χ0) is 23.3. The van der Waals surface area contributed by atoms with E-state index in [9.17, 15) is 10.2 Å². The highest BCUT2D eigenvalue weighted by atomic mass is 32.1. The van der Waals surface area contributed by atoms with Crippen LogP contribution in [0.25, 0.3) is 0 Å². The minimum Gasteiger partial charge on any atom is -0.394 e. The van der Waals surface area contributed by atoms with Crippen LogP contribution in [0.2, 0.25) is 0 Å². The lowest BCUT2D eigenvalue weighted by molar-refractivity contribution is 0.133. The summed E-state index contributed by atoms with van der Waals surface area (Å²) in [5.41, 5.74) is 1.24. The lowest BCUT2D eigenvalue weighted by Gasteiger charge is -2.22. The Kier molecular flexibility index (Phi) is 18.1. The van der Waals surface area contributed by atoms with Crippen LogP contribution in [0, 0.1) is 0 Å². The molecule has 4 N–H and O–H groups in total. The van der Waals surface area contributed by atoms with E-state index in [0.717, 1.165) is 19.3 Å². The second-order valence-electron chi connectivity index (χ2n) is 8.67. The standard InChI is InChI=1S/C27H46N2O2S/c1-2-3-4-5-6-7-8-9-10-11-12-13-17-20-26(31)25(23-30)29-27(32)28-22-21-24-18-15-14-16-19-24/h14-20,25-26,30-31H,2-13,21-23H2,1H3,(H2,28,29,32)/b20-17-. The number of hydrogen-bond donors (Lipinski definition) is 4. The molecule has 2 atom stereocenters. The fraction of sp³-hybridized carbons (Fsp3) is 0.667. The molecule has 0 aliphatic carbocycles. The number of allylic oxidation sites excluding steroid dienone is 1. The van der Waals surface area contributed by atoms with Crippen molar-refractivity contribution in [3.05, 3.63) is 48.0 Å². The van der Waals surface area contributed by atoms with Crippen molar-refractivity contribution < 1.29 is 10.2 Å². The Hall–Kier alpha value is -1.43. The van der Waals surface area contributed by atoms with E-state index in [2.05, 4.69) is 29.7 Å². The fourth-order valence-electron chi connectivity index (χ4n) is 3.72. The third-order valence-electron chi connectivity index (χ3n) is 5.78. The molecular weight excluding hydrogens is 416 g/mol. The Morgan fingerprint density at radius 3 is 2.12 bits per heavy atom. The van der Waals surface area contributed by atoms with E-state index in [4.69, 9.17) is 12.2 Å². The predicted octanol–water partition coefficient (Wildman–Crippen LogP) is 5.67. The molecule has 0 heterocycles. The van der Waals surface area contributed by atoms with Crippen LogP contribution in [0.5, 0.6) is 0 Å². The maximum atomic E-state index is 10.3. The van der Waals surface area contributed by atoms with Crippen molar-refractivity contribution in [3.63, 3.8) is 0 Å². The van der Waals surface area contributed by atoms with Crippen LogP contribution in [0.3, 0.4) is 0 Å². The van der Waals surface area contributed by atoms with Gasteiger partial charge in [0.15, 0.2) is 5.11 Å². The van der Waals surface area contributed by atoms with Crippen LogP contribution in [0.15, 0.2) is 42.5 Å². The largest absolute Gasteiger partial charge is 0.394 e. The van der Waals surface area contributed by atoms with Gasteiger partial charge in [-0.3, -0.25) is 0 Å². The first-order valence-corrected chi connectivity index (χ1v) is 13.1. The van der Waals surface area contributed by atoms with Crippen LogP contribution >= 0.6 is 12.2 Å². The SMILES string of the molecule is CCCCCCCCCCCCC/C=C\C(O)C(CO)NC(=S)NCCc1ccccc1. The summed E-state index contributed by atoms with van der Waals surface area (Å²) in [6.07, 6.45) is 19.6. The van der Waals surface area contributed by atoms with Crippen molar-refractivity contribution >= 4 is 17.3 Å². The zero-order valence-electron chi connectivity index (χ0n) is 20.1. The van der Waals surface area contributed by atoms with Crippen molar-refractivity contribution in [3.8, 4) is 0 Å². The average molecular weight is 463 g/mol. The Bertz CT molecular complexity index is 595. The highest BCUT2D eigenvalue weighted by molar-refractivity contribution is 7.80. The van der Waals surface area contributed by atoms with Crippen LogP contribution in [0.1, 0.15) is 89.5 Å². The van der Waals surface area contributed by atoms with Gasteiger partial charge in [0.1, 0.15) is 0 Å². The van der Waals surface area contributed by atoms with Gasteiger partial charge in [-0.05, 0) is 37.0 Å². The first kappa shape index (κ1) is 28.6. The van der Waals surface area contributed by atoms with E-state index >= 15 is 0 Å². The van der Waals surface area contributed by atoms with Crippen molar-refractivity contribution in [1.29, 1.82) is 0 Å². The zero-order valence-corrected chi connectivity index (χ0v) is 20.9. The van der Waals surface area contributed by atoms with Gasteiger partial charge >= 0.3 is 0 Å². The second kappa shape index (κ2) is 20.2. The topological polar surface area (TPSA) is 64.5 Å². The molecule has 0 radical (unpaired) electrons. The molecule has 32 heavy (non-hydrogen) atoms. The Balaban J connectivity index is 2.06. The number of benzene rings is 1. The average Bonchev–Trinajstić information content (AvgIpc) is 2.81. The molecule has 2 unspecified atom stereocenters. The summed E-state index contributed by atoms with van der Waals surface area (Å²) in [4.78, 5) is 0. The Morgan fingerprint density at radius 1 is 0.938 bits per heavy atom. The monoisotopic (exact) mass is 462 g/mol. The molecule has 0 aromatic heterocycles. The summed E-state index contributed by atoms with van der Waals surface area (Å²) in [5, 5.41) is 26.6. The van der Waals surface area contributed by atoms with Gasteiger partial charge in [-0.25, -0.2) is 0 Å². The number of thiocarbonyl (C=S) groups is 1. The lowest BCUT2D eigenvalue weighted by Crippen LogP contribution is -2.49. The van der Waals surface area contributed by atoms with E-state index in [-0.39, 0.29) is 6.61 Å². The number of unbranched alkanes of at least 4 members (excludes halogenated alkanes) is 11. The highest BCUT2D eigenvalue weighted by Gasteiger charge is 2.16. The summed E-state index contributed by atoms with van der Waals surface area (Å²) < 4.78 is 0. The van der Waals surface area contributed by atoms with Crippen molar-refractivity contribution in [2.75, 3.05) is 13.2 Å². The van der Waals surface area contributed by atoms with E-state index in [1.165, 1.54) is 69.8 Å². The maximum Gasteiger partial charge on any atom is 0.166 e. The molecule has 1 aromatic rings. The van der Waals surface area contributed by atoms with Gasteiger partial charge in [-0.1, -0.05) is 114 Å². The lowest BCUT2D eigenvalue weighted by atomic mass is 10.0. The van der Waals surface area contributed by atoms with Gasteiger partial charge in [0, 0.05) is 6.54 Å². The molecule has 0 bridgehead atoms. The molecule has 1 rings (SSSR count). The molecule has 4 nitrogen and oxygen atoms in total. The van der Waals surface area contributed by atoms with Gasteiger partial charge in [-0.2, -0.15) is 0 Å². The molecule has 5 heteroatoms. The van der Waals surface area contributed by atoms with Crippen LogP contribution in [-0.2, 0) is 6.42 Å². The summed E-state index contributed by atoms with van der Waals surface area (Å²) in [5.74, 6) is 0. The first-order valence-electron chi connectivity index (χ1n) is 12.7. The van der Waals surface area contributed by atoms with E-state index in [1.54, 1.807) is 6.08 Å². The van der Waals surface area contributed by atoms with Crippen molar-refractivity contribution in [2.24, 2.45) is 0 Å². The Morgan fingerprint density at radius 2 is 1.53 bits per heavy atom. The molecule has 0 saturated heterocycles. The van der Waals surface area contributed by atoms with E-state index in [1.807, 2.05) is 24.3 Å². The predicted molar refractivity (Wildman–Crippen MR) is 141 cm³/mol. The van der Waals surface area contributed by atoms with Gasteiger partial charge < -0.3 is 20.8 Å². The summed E-state index contributed by atoms with van der Waals surface area (Å²) >= 11 is 5.30. The van der Waals surface area contributed by atoms with Crippen molar-refractivity contribution in [1.82, 2.24) is 10.6 Å². The molecule has 182 valence electrons. The van der Waals surface area contributed by atoms with Crippen LogP contribution in [0.4, 0.5) is 0 Å². The number of rotatable bonds is 19. The second-order valence-corrected chi connectivity index (χ2v) is 9.08. The number of aliphatic hydroxyl groups is 2. The molecular formula is C27H46N2O2S. The summed E-state index contributed by atoms with van der Waals surface area (Å²) in [7, 11) is 0. The normalized spacial score (nSPS) is 13.2. The summed E-state index contributed by atoms with van der Waals surface area (Å²) in [6, 6.07) is 9.71. The molecule has 0 spiro atoms. The van der Waals surface area contributed by atoms with E-state index in [0.29, 0.717) is 11.7 Å². The third-order valence-corrected chi connectivity index (χ3v) is 6.04. The minimum atomic E-state index is -0.762. The van der Waals surface area contributed by atoms with E-state index < -0.39 is 12.1 Å². The maximum absolute atomic E-state index is 10.3. The van der Waals surface area contributed by atoms with Crippen LogP contribution in [-0.4, -0.2) is 40.6 Å². The summed E-state index contributed by atoms with van der Waals surface area (Å²) in [6.45, 7) is 2.79. The molecule has 0 amide bonds. The Labute approximate surface area is 201 Å². The van der Waals surface area contributed by atoms with Crippen LogP contribution < -0.4 is 10.6 Å². The molecule has 1 aromatic carbocycles. The number of nitrogens with one attached hydrogen (secondary N) is 2. The molecule has 0 aliphatic rings. The minimum absolute atomic E-state index is 0.176. The third kappa shape index (κ3) is 15.4. The number of aliphatic hydroxyl groups excluding tert-OH is 2. The first-order chi connectivity index (χ1) is 15.7. The number of hydrogen-bond acceptors (Lipinski definition) is 3. The van der Waals surface area contributed by atoms with Gasteiger partial charge in [0.05, 0.1) is 18.8 Å². The fourth-order valence-corrected chi connectivity index (χ4v) is 3.97. The van der Waals surface area contributed by atoms with Gasteiger partial charge in [0.25, 0.3) is 0 Å². The quantitative estimate of drug-likeness (QED) is 0.121. The van der Waals surface area contributed by atoms with Gasteiger partial charge in [-0.15, -0.1) is 0 Å². The highest BCUT2D eigenvalue weighted by Crippen LogP contribution is 2.12. The molecule has 0 saturated carbocycles.